The van der Waals surface area contributed by atoms with Gasteiger partial charge < -0.3 is 20.3 Å². The molecule has 1 atom stereocenters. The van der Waals surface area contributed by atoms with Gasteiger partial charge in [0.15, 0.2) is 0 Å². The summed E-state index contributed by atoms with van der Waals surface area (Å²) in [4.78, 5) is 0. The number of hydrogen-bond acceptors (Lipinski definition) is 4. The Morgan fingerprint density at radius 2 is 1.90 bits per heavy atom. The summed E-state index contributed by atoms with van der Waals surface area (Å²) in [6.45, 7) is 4.60. The third-order valence-electron chi connectivity index (χ3n) is 3.52. The zero-order valence-corrected chi connectivity index (χ0v) is 12.6. The fraction of sp³-hybridized carbons (Fsp3) is 0.294. The van der Waals surface area contributed by atoms with Gasteiger partial charge in [0.25, 0.3) is 0 Å². The first-order valence-corrected chi connectivity index (χ1v) is 6.90. The van der Waals surface area contributed by atoms with E-state index in [9.17, 15) is 10.2 Å². The zero-order chi connectivity index (χ0) is 15.4. The van der Waals surface area contributed by atoms with Gasteiger partial charge in [-0.3, -0.25) is 0 Å². The van der Waals surface area contributed by atoms with E-state index >= 15 is 0 Å². The lowest BCUT2D eigenvalue weighted by Gasteiger charge is -2.18. The molecular weight excluding hydrogens is 266 g/mol. The second-order valence-corrected chi connectivity index (χ2v) is 5.16. The van der Waals surface area contributed by atoms with E-state index in [1.807, 2.05) is 19.1 Å². The minimum Gasteiger partial charge on any atom is -0.508 e. The molecule has 0 saturated heterocycles. The first kappa shape index (κ1) is 15.2. The molecule has 112 valence electrons. The van der Waals surface area contributed by atoms with Gasteiger partial charge in [-0.15, -0.1) is 0 Å². The molecular formula is C17H21NO3. The molecule has 0 spiro atoms. The predicted molar refractivity (Wildman–Crippen MR) is 82.8 cm³/mol. The van der Waals surface area contributed by atoms with Crippen LogP contribution in [0.15, 0.2) is 36.4 Å². The van der Waals surface area contributed by atoms with E-state index in [1.54, 1.807) is 19.2 Å². The number of phenolic OH excluding ortho intramolecular Hbond substituents is 2. The van der Waals surface area contributed by atoms with Crippen molar-refractivity contribution in [2.45, 2.75) is 26.4 Å². The van der Waals surface area contributed by atoms with Crippen molar-refractivity contribution in [3.05, 3.63) is 53.1 Å². The van der Waals surface area contributed by atoms with Crippen molar-refractivity contribution >= 4 is 0 Å². The predicted octanol–water partition coefficient (Wildman–Crippen LogP) is 3.27. The smallest absolute Gasteiger partial charge is 0.123 e. The first-order valence-electron chi connectivity index (χ1n) is 6.90. The molecule has 0 fully saturated rings. The molecule has 4 nitrogen and oxygen atoms in total. The Morgan fingerprint density at radius 3 is 2.57 bits per heavy atom. The summed E-state index contributed by atoms with van der Waals surface area (Å²) in [7, 11) is 1.66. The maximum atomic E-state index is 9.79. The molecule has 4 heteroatoms. The third kappa shape index (κ3) is 3.67. The second kappa shape index (κ2) is 6.50. The average Bonchev–Trinajstić information content (AvgIpc) is 2.46. The highest BCUT2D eigenvalue weighted by Gasteiger charge is 2.12. The van der Waals surface area contributed by atoms with Crippen molar-refractivity contribution in [3.8, 4) is 17.2 Å². The van der Waals surface area contributed by atoms with Gasteiger partial charge in [-0.25, -0.2) is 0 Å². The lowest BCUT2D eigenvalue weighted by Crippen LogP contribution is -2.19. The summed E-state index contributed by atoms with van der Waals surface area (Å²) in [5.74, 6) is 0.992. The van der Waals surface area contributed by atoms with Gasteiger partial charge in [-0.1, -0.05) is 23.8 Å². The minimum atomic E-state index is 0.0599. The quantitative estimate of drug-likeness (QED) is 0.790. The number of nitrogens with one attached hydrogen (secondary N) is 1. The van der Waals surface area contributed by atoms with Gasteiger partial charge in [-0.2, -0.15) is 0 Å². The van der Waals surface area contributed by atoms with Crippen LogP contribution < -0.4 is 10.1 Å². The van der Waals surface area contributed by atoms with Crippen LogP contribution in [-0.4, -0.2) is 17.3 Å². The highest BCUT2D eigenvalue weighted by molar-refractivity contribution is 5.40. The largest absolute Gasteiger partial charge is 0.508 e. The second-order valence-electron chi connectivity index (χ2n) is 5.16. The molecule has 0 radical (unpaired) electrons. The molecule has 0 heterocycles. The average molecular weight is 287 g/mol. The number of benzene rings is 2. The van der Waals surface area contributed by atoms with Crippen molar-refractivity contribution in [3.63, 3.8) is 0 Å². The Labute approximate surface area is 125 Å². The van der Waals surface area contributed by atoms with E-state index in [0.717, 1.165) is 16.9 Å². The number of ether oxygens (including phenoxy) is 1. The Bertz CT molecular complexity index is 625. The highest BCUT2D eigenvalue weighted by atomic mass is 16.5. The molecule has 0 saturated carbocycles. The number of hydrogen-bond donors (Lipinski definition) is 3. The number of rotatable bonds is 5. The van der Waals surface area contributed by atoms with Crippen LogP contribution in [-0.2, 0) is 6.54 Å². The first-order chi connectivity index (χ1) is 10.0. The van der Waals surface area contributed by atoms with Gasteiger partial charge >= 0.3 is 0 Å². The molecule has 0 aliphatic heterocycles. The van der Waals surface area contributed by atoms with Crippen LogP contribution in [0.3, 0.4) is 0 Å². The van der Waals surface area contributed by atoms with Crippen molar-refractivity contribution in [2.24, 2.45) is 0 Å². The molecule has 2 rings (SSSR count). The van der Waals surface area contributed by atoms with Crippen LogP contribution in [0, 0.1) is 6.92 Å². The molecule has 0 bridgehead atoms. The van der Waals surface area contributed by atoms with Crippen LogP contribution in [0.25, 0.3) is 0 Å². The van der Waals surface area contributed by atoms with Crippen LogP contribution in [0.1, 0.15) is 29.7 Å². The van der Waals surface area contributed by atoms with Crippen LogP contribution in [0.4, 0.5) is 0 Å². The molecule has 21 heavy (non-hydrogen) atoms. The summed E-state index contributed by atoms with van der Waals surface area (Å²) in [5.41, 5.74) is 2.99. The van der Waals surface area contributed by atoms with E-state index in [-0.39, 0.29) is 17.5 Å². The molecule has 3 N–H and O–H groups in total. The van der Waals surface area contributed by atoms with Crippen LogP contribution in [0.5, 0.6) is 17.2 Å². The standard InChI is InChI=1S/C17H21NO3/c1-11-4-7-17(21-3)15(8-11)12(2)18-10-13-5-6-14(19)9-16(13)20/h4-9,12,18-20H,10H2,1-3H3. The fourth-order valence-corrected chi connectivity index (χ4v) is 2.27. The number of aromatic hydroxyl groups is 2. The molecule has 0 aliphatic carbocycles. The summed E-state index contributed by atoms with van der Waals surface area (Å²) in [6.07, 6.45) is 0. The van der Waals surface area contributed by atoms with Gasteiger partial charge in [0.05, 0.1) is 7.11 Å². The minimum absolute atomic E-state index is 0.0599. The van der Waals surface area contributed by atoms with Crippen molar-refractivity contribution in [1.82, 2.24) is 5.32 Å². The zero-order valence-electron chi connectivity index (χ0n) is 12.6. The lowest BCUT2D eigenvalue weighted by molar-refractivity contribution is 0.400. The maximum absolute atomic E-state index is 9.79. The number of methoxy groups -OCH3 is 1. The van der Waals surface area contributed by atoms with Crippen molar-refractivity contribution < 1.29 is 14.9 Å². The normalized spacial score (nSPS) is 12.1. The van der Waals surface area contributed by atoms with Gasteiger partial charge in [0.1, 0.15) is 17.2 Å². The molecule has 0 aliphatic rings. The molecule has 1 unspecified atom stereocenters. The number of aryl methyl sites for hydroxylation is 1. The Morgan fingerprint density at radius 1 is 1.14 bits per heavy atom. The Kier molecular flexibility index (Phi) is 4.70. The van der Waals surface area contributed by atoms with E-state index in [2.05, 4.69) is 18.3 Å². The summed E-state index contributed by atoms with van der Waals surface area (Å²) in [5, 5.41) is 22.4. The number of phenols is 2. The van der Waals surface area contributed by atoms with E-state index in [1.165, 1.54) is 11.6 Å². The third-order valence-corrected chi connectivity index (χ3v) is 3.52. The van der Waals surface area contributed by atoms with E-state index in [4.69, 9.17) is 4.74 Å². The SMILES string of the molecule is COc1ccc(C)cc1C(C)NCc1ccc(O)cc1O. The van der Waals surface area contributed by atoms with Gasteiger partial charge in [0, 0.05) is 29.8 Å². The monoisotopic (exact) mass is 287 g/mol. The van der Waals surface area contributed by atoms with Crippen molar-refractivity contribution in [1.29, 1.82) is 0 Å². The molecule has 2 aromatic rings. The summed E-state index contributed by atoms with van der Waals surface area (Å²) < 4.78 is 5.39. The van der Waals surface area contributed by atoms with Crippen molar-refractivity contribution in [2.75, 3.05) is 7.11 Å². The van der Waals surface area contributed by atoms with E-state index < -0.39 is 0 Å². The fourth-order valence-electron chi connectivity index (χ4n) is 2.27. The molecule has 0 amide bonds. The van der Waals surface area contributed by atoms with Gasteiger partial charge in [-0.05, 0) is 26.0 Å². The lowest BCUT2D eigenvalue weighted by atomic mass is 10.0. The Balaban J connectivity index is 2.11. The van der Waals surface area contributed by atoms with Crippen LogP contribution in [0.2, 0.25) is 0 Å². The van der Waals surface area contributed by atoms with Gasteiger partial charge in [0.2, 0.25) is 0 Å². The highest BCUT2D eigenvalue weighted by Crippen LogP contribution is 2.27. The van der Waals surface area contributed by atoms with Crippen LogP contribution >= 0.6 is 0 Å². The molecule has 0 aromatic heterocycles. The summed E-state index contributed by atoms with van der Waals surface area (Å²) >= 11 is 0. The molecule has 2 aromatic carbocycles. The summed E-state index contributed by atoms with van der Waals surface area (Å²) in [6, 6.07) is 10.8. The maximum Gasteiger partial charge on any atom is 0.123 e. The topological polar surface area (TPSA) is 61.7 Å². The Hall–Kier alpha value is -2.20. The van der Waals surface area contributed by atoms with E-state index in [0.29, 0.717) is 6.54 Å².